The number of aryl methyl sites for hydroxylation is 1. The molecule has 3 rings (SSSR count). The number of carbonyl (C=O) groups is 3. The Kier molecular flexibility index (Phi) is 6.14. The highest BCUT2D eigenvalue weighted by atomic mass is 16.5. The zero-order valence-electron chi connectivity index (χ0n) is 16.1. The minimum atomic E-state index is -0.528. The van der Waals surface area contributed by atoms with Gasteiger partial charge in [-0.05, 0) is 37.8 Å². The lowest BCUT2D eigenvalue weighted by Crippen LogP contribution is -2.43. The molecule has 2 fully saturated rings. The monoisotopic (exact) mass is 372 g/mol. The predicted octanol–water partition coefficient (Wildman–Crippen LogP) is 2.59. The number of ether oxygens (including phenoxy) is 1. The summed E-state index contributed by atoms with van der Waals surface area (Å²) >= 11 is 0. The molecule has 146 valence electrons. The summed E-state index contributed by atoms with van der Waals surface area (Å²) in [5, 5.41) is 2.97. The molecule has 1 aromatic carbocycles. The maximum Gasteiger partial charge on any atom is 0.311 e. The summed E-state index contributed by atoms with van der Waals surface area (Å²) in [5.41, 5.74) is 1.89. The van der Waals surface area contributed by atoms with Crippen molar-refractivity contribution in [3.05, 3.63) is 29.8 Å². The summed E-state index contributed by atoms with van der Waals surface area (Å²) in [6.07, 6.45) is 4.53. The van der Waals surface area contributed by atoms with E-state index in [0.29, 0.717) is 12.5 Å². The first kappa shape index (κ1) is 19.4. The van der Waals surface area contributed by atoms with Crippen LogP contribution in [0.15, 0.2) is 24.3 Å². The number of benzene rings is 1. The van der Waals surface area contributed by atoms with Gasteiger partial charge in [0.15, 0.2) is 6.61 Å². The van der Waals surface area contributed by atoms with Gasteiger partial charge < -0.3 is 15.0 Å². The Morgan fingerprint density at radius 1 is 1.19 bits per heavy atom. The van der Waals surface area contributed by atoms with Gasteiger partial charge in [0, 0.05) is 24.7 Å². The van der Waals surface area contributed by atoms with Crippen LogP contribution in [0.4, 0.5) is 5.69 Å². The average molecular weight is 372 g/mol. The summed E-state index contributed by atoms with van der Waals surface area (Å²) in [6, 6.07) is 7.78. The fourth-order valence-electron chi connectivity index (χ4n) is 3.87. The van der Waals surface area contributed by atoms with Gasteiger partial charge in [-0.1, -0.05) is 37.5 Å². The Bertz CT molecular complexity index is 701. The molecule has 6 nitrogen and oxygen atoms in total. The summed E-state index contributed by atoms with van der Waals surface area (Å²) < 4.78 is 5.19. The third-order valence-corrected chi connectivity index (χ3v) is 5.61. The summed E-state index contributed by atoms with van der Waals surface area (Å²) in [6.45, 7) is 4.13. The van der Waals surface area contributed by atoms with Gasteiger partial charge in [0.2, 0.25) is 5.91 Å². The van der Waals surface area contributed by atoms with Crippen molar-refractivity contribution < 1.29 is 19.1 Å². The zero-order valence-corrected chi connectivity index (χ0v) is 16.1. The van der Waals surface area contributed by atoms with Crippen LogP contribution in [0.25, 0.3) is 0 Å². The van der Waals surface area contributed by atoms with Crippen LogP contribution in [0.1, 0.15) is 44.6 Å². The topological polar surface area (TPSA) is 75.7 Å². The summed E-state index contributed by atoms with van der Waals surface area (Å²) in [5.74, 6) is -0.915. The van der Waals surface area contributed by atoms with Crippen molar-refractivity contribution in [1.82, 2.24) is 5.32 Å². The molecular formula is C21H28N2O4. The average Bonchev–Trinajstić information content (AvgIpc) is 3.04. The molecule has 0 spiro atoms. The maximum atomic E-state index is 12.3. The molecule has 2 aliphatic rings. The molecule has 1 aliphatic carbocycles. The van der Waals surface area contributed by atoms with Gasteiger partial charge in [-0.15, -0.1) is 0 Å². The fraction of sp³-hybridized carbons (Fsp3) is 0.571. The zero-order chi connectivity index (χ0) is 19.4. The Hall–Kier alpha value is -2.37. The van der Waals surface area contributed by atoms with E-state index >= 15 is 0 Å². The highest BCUT2D eigenvalue weighted by Gasteiger charge is 2.36. The van der Waals surface area contributed by atoms with Gasteiger partial charge in [0.05, 0.1) is 5.92 Å². The van der Waals surface area contributed by atoms with Crippen molar-refractivity contribution in [2.45, 2.75) is 52.0 Å². The number of rotatable bonds is 5. The number of nitrogens with zero attached hydrogens (tertiary/aromatic N) is 1. The van der Waals surface area contributed by atoms with E-state index in [2.05, 4.69) is 12.2 Å². The molecule has 0 aromatic heterocycles. The van der Waals surface area contributed by atoms with E-state index in [9.17, 15) is 14.4 Å². The van der Waals surface area contributed by atoms with Crippen molar-refractivity contribution in [2.75, 3.05) is 18.1 Å². The molecule has 1 saturated carbocycles. The van der Waals surface area contributed by atoms with Gasteiger partial charge >= 0.3 is 5.97 Å². The second-order valence-electron chi connectivity index (χ2n) is 7.78. The minimum absolute atomic E-state index is 0.0960. The van der Waals surface area contributed by atoms with Crippen LogP contribution in [0.3, 0.4) is 0 Å². The van der Waals surface area contributed by atoms with E-state index in [1.165, 1.54) is 6.42 Å². The van der Waals surface area contributed by atoms with Crippen LogP contribution >= 0.6 is 0 Å². The molecule has 0 bridgehead atoms. The second-order valence-corrected chi connectivity index (χ2v) is 7.78. The summed E-state index contributed by atoms with van der Waals surface area (Å²) in [4.78, 5) is 38.3. The SMILES string of the molecule is Cc1ccc(N2C[C@@H](C(=O)OCC(=O)N[C@H]3CCCC[C@@H]3C)CC2=O)cc1. The van der Waals surface area contributed by atoms with Crippen LogP contribution in [0.2, 0.25) is 0 Å². The van der Waals surface area contributed by atoms with E-state index < -0.39 is 11.9 Å². The van der Waals surface area contributed by atoms with E-state index in [1.54, 1.807) is 4.90 Å². The van der Waals surface area contributed by atoms with Crippen LogP contribution in [0.5, 0.6) is 0 Å². The van der Waals surface area contributed by atoms with Gasteiger partial charge in [0.1, 0.15) is 0 Å². The third-order valence-electron chi connectivity index (χ3n) is 5.61. The molecule has 6 heteroatoms. The molecule has 1 aromatic rings. The smallest absolute Gasteiger partial charge is 0.311 e. The molecule has 3 atom stereocenters. The van der Waals surface area contributed by atoms with Crippen molar-refractivity contribution in [2.24, 2.45) is 11.8 Å². The minimum Gasteiger partial charge on any atom is -0.455 e. The van der Waals surface area contributed by atoms with Gasteiger partial charge in [-0.25, -0.2) is 0 Å². The predicted molar refractivity (Wildman–Crippen MR) is 102 cm³/mol. The molecule has 1 aliphatic heterocycles. The molecule has 0 unspecified atom stereocenters. The van der Waals surface area contributed by atoms with Crippen LogP contribution in [0, 0.1) is 18.8 Å². The largest absolute Gasteiger partial charge is 0.455 e. The van der Waals surface area contributed by atoms with Crippen molar-refractivity contribution >= 4 is 23.5 Å². The lowest BCUT2D eigenvalue weighted by Gasteiger charge is -2.29. The van der Waals surface area contributed by atoms with E-state index in [4.69, 9.17) is 4.74 Å². The molecule has 2 amide bonds. The first-order valence-corrected chi connectivity index (χ1v) is 9.77. The lowest BCUT2D eigenvalue weighted by molar-refractivity contribution is -0.152. The molecule has 1 heterocycles. The number of carbonyl (C=O) groups excluding carboxylic acids is 3. The third kappa shape index (κ3) is 4.87. The number of anilines is 1. The van der Waals surface area contributed by atoms with Crippen LogP contribution in [-0.4, -0.2) is 37.0 Å². The standard InChI is InChI=1S/C21H28N2O4/c1-14-7-9-17(10-8-14)23-12-16(11-20(23)25)21(26)27-13-19(24)22-18-6-4-3-5-15(18)2/h7-10,15-16,18H,3-6,11-13H2,1-2H3,(H,22,24)/t15-,16-,18-/m0/s1. The first-order valence-electron chi connectivity index (χ1n) is 9.77. The molecular weight excluding hydrogens is 344 g/mol. The summed E-state index contributed by atoms with van der Waals surface area (Å²) in [7, 11) is 0. The maximum absolute atomic E-state index is 12.3. The number of amides is 2. The quantitative estimate of drug-likeness (QED) is 0.806. The fourth-order valence-corrected chi connectivity index (χ4v) is 3.87. The van der Waals surface area contributed by atoms with Crippen molar-refractivity contribution in [3.8, 4) is 0 Å². The van der Waals surface area contributed by atoms with E-state index in [1.807, 2.05) is 31.2 Å². The van der Waals surface area contributed by atoms with Crippen molar-refractivity contribution in [1.29, 1.82) is 0 Å². The number of hydrogen-bond acceptors (Lipinski definition) is 4. The number of nitrogens with one attached hydrogen (secondary N) is 1. The molecule has 1 N–H and O–H groups in total. The Labute approximate surface area is 160 Å². The first-order chi connectivity index (χ1) is 12.9. The molecule has 0 radical (unpaired) electrons. The Morgan fingerprint density at radius 3 is 2.59 bits per heavy atom. The number of hydrogen-bond donors (Lipinski definition) is 1. The Balaban J connectivity index is 1.47. The Morgan fingerprint density at radius 2 is 1.89 bits per heavy atom. The number of esters is 1. The van der Waals surface area contributed by atoms with Gasteiger partial charge in [-0.3, -0.25) is 14.4 Å². The highest BCUT2D eigenvalue weighted by Crippen LogP contribution is 2.26. The lowest BCUT2D eigenvalue weighted by atomic mass is 9.86. The van der Waals surface area contributed by atoms with Gasteiger partial charge in [-0.2, -0.15) is 0 Å². The second kappa shape index (κ2) is 8.55. The normalized spacial score (nSPS) is 25.3. The van der Waals surface area contributed by atoms with Crippen LogP contribution < -0.4 is 10.2 Å². The highest BCUT2D eigenvalue weighted by molar-refractivity contribution is 5.99. The van der Waals surface area contributed by atoms with E-state index in [0.717, 1.165) is 30.5 Å². The van der Waals surface area contributed by atoms with Crippen LogP contribution in [-0.2, 0) is 19.1 Å². The van der Waals surface area contributed by atoms with Gasteiger partial charge in [0.25, 0.3) is 5.91 Å². The van der Waals surface area contributed by atoms with E-state index in [-0.39, 0.29) is 30.9 Å². The van der Waals surface area contributed by atoms with Crippen molar-refractivity contribution in [3.63, 3.8) is 0 Å². The molecule has 27 heavy (non-hydrogen) atoms. The molecule has 1 saturated heterocycles.